The molecule has 2 aromatic heterocycles. The van der Waals surface area contributed by atoms with Gasteiger partial charge in [0.25, 0.3) is 0 Å². The normalized spacial score (nSPS) is 12.9. The summed E-state index contributed by atoms with van der Waals surface area (Å²) < 4.78 is 8.84. The number of rotatable bonds is 0. The molecule has 1 aliphatic heterocycles. The third-order valence-corrected chi connectivity index (χ3v) is 6.09. The Labute approximate surface area is 165 Å². The lowest BCUT2D eigenvalue weighted by Crippen LogP contribution is -2.32. The first-order valence-electron chi connectivity index (χ1n) is 9.79. The summed E-state index contributed by atoms with van der Waals surface area (Å²) in [5.41, 5.74) is 6.16. The fraction of sp³-hybridized carbons (Fsp3) is 0.280. The quantitative estimate of drug-likeness (QED) is 0.318. The Hall–Kier alpha value is -2.94. The van der Waals surface area contributed by atoms with E-state index in [-0.39, 0.29) is 5.41 Å². The number of nitrogens with zero attached hydrogens (tertiary/aromatic N) is 2. The molecule has 0 saturated heterocycles. The van der Waals surface area contributed by atoms with Crippen LogP contribution < -0.4 is 9.30 Å². The Kier molecular flexibility index (Phi) is 3.40. The van der Waals surface area contributed by atoms with Crippen molar-refractivity contribution >= 4 is 21.5 Å². The maximum Gasteiger partial charge on any atom is 0.228 e. The van der Waals surface area contributed by atoms with Crippen LogP contribution in [-0.2, 0) is 12.5 Å². The Balaban J connectivity index is 1.97. The molecule has 140 valence electrons. The van der Waals surface area contributed by atoms with Crippen LogP contribution in [0.4, 0.5) is 0 Å². The van der Waals surface area contributed by atoms with Gasteiger partial charge in [0.15, 0.2) is 6.20 Å². The van der Waals surface area contributed by atoms with Crippen LogP contribution in [0.2, 0.25) is 0 Å². The first-order valence-corrected chi connectivity index (χ1v) is 9.79. The van der Waals surface area contributed by atoms with Gasteiger partial charge in [-0.1, -0.05) is 20.8 Å². The summed E-state index contributed by atoms with van der Waals surface area (Å²) in [4.78, 5) is 4.35. The molecule has 3 nitrogen and oxygen atoms in total. The number of aromatic nitrogens is 2. The van der Waals surface area contributed by atoms with E-state index in [1.165, 1.54) is 38.5 Å². The van der Waals surface area contributed by atoms with Crippen LogP contribution in [0.25, 0.3) is 32.8 Å². The summed E-state index contributed by atoms with van der Waals surface area (Å²) >= 11 is 0. The predicted octanol–water partition coefficient (Wildman–Crippen LogP) is 5.90. The van der Waals surface area contributed by atoms with Crippen LogP contribution >= 0.6 is 0 Å². The van der Waals surface area contributed by atoms with Crippen molar-refractivity contribution in [3.8, 4) is 22.8 Å². The molecule has 0 amide bonds. The molecule has 2 aromatic carbocycles. The van der Waals surface area contributed by atoms with Crippen LogP contribution in [0.3, 0.4) is 0 Å². The molecule has 0 saturated carbocycles. The summed E-state index contributed by atoms with van der Waals surface area (Å²) in [5, 5.41) is 4.82. The van der Waals surface area contributed by atoms with Gasteiger partial charge in [-0.3, -0.25) is 4.98 Å². The summed E-state index contributed by atoms with van der Waals surface area (Å²) in [7, 11) is 2.12. The second-order valence-corrected chi connectivity index (χ2v) is 8.94. The Morgan fingerprint density at radius 2 is 1.79 bits per heavy atom. The average Bonchev–Trinajstić information content (AvgIpc) is 2.67. The van der Waals surface area contributed by atoms with Gasteiger partial charge in [0.2, 0.25) is 5.69 Å². The minimum Gasteiger partial charge on any atom is -0.455 e. The third-order valence-electron chi connectivity index (χ3n) is 6.09. The van der Waals surface area contributed by atoms with Gasteiger partial charge in [0.1, 0.15) is 18.5 Å². The molecule has 3 heterocycles. The molecule has 1 aliphatic rings. The third kappa shape index (κ3) is 2.22. The number of aryl methyl sites for hydroxylation is 3. The zero-order valence-corrected chi connectivity index (χ0v) is 17.3. The van der Waals surface area contributed by atoms with Crippen molar-refractivity contribution in [2.75, 3.05) is 0 Å². The van der Waals surface area contributed by atoms with E-state index in [1.807, 2.05) is 12.4 Å². The van der Waals surface area contributed by atoms with Gasteiger partial charge in [-0.2, -0.15) is 0 Å². The molecule has 0 bridgehead atoms. The molecule has 0 atom stereocenters. The second-order valence-electron chi connectivity index (χ2n) is 8.94. The molecule has 0 aliphatic carbocycles. The molecular weight excluding hydrogens is 344 g/mol. The van der Waals surface area contributed by atoms with Gasteiger partial charge in [0, 0.05) is 29.4 Å². The van der Waals surface area contributed by atoms with Crippen molar-refractivity contribution in [3.05, 3.63) is 59.5 Å². The largest absolute Gasteiger partial charge is 0.455 e. The second kappa shape index (κ2) is 5.54. The van der Waals surface area contributed by atoms with E-state index in [0.29, 0.717) is 0 Å². The number of ether oxygens (including phenoxy) is 1. The first-order chi connectivity index (χ1) is 13.3. The van der Waals surface area contributed by atoms with Crippen LogP contribution in [-0.4, -0.2) is 4.98 Å². The van der Waals surface area contributed by atoms with Crippen LogP contribution in [0, 0.1) is 13.8 Å². The topological polar surface area (TPSA) is 26.0 Å². The average molecular weight is 369 g/mol. The standard InChI is InChI=1S/C25H25N2O/c1-14-18-7-9-26-13-19(18)15(2)24-21(14)23-22-16(8-10-27(23)6)11-17(25(3,4)5)12-20(22)28-24/h7-13H,1-6H3/q+1. The smallest absolute Gasteiger partial charge is 0.228 e. The fourth-order valence-electron chi connectivity index (χ4n) is 4.44. The van der Waals surface area contributed by atoms with Gasteiger partial charge in [-0.05, 0) is 59.4 Å². The lowest BCUT2D eigenvalue weighted by atomic mass is 9.84. The molecule has 5 rings (SSSR count). The van der Waals surface area contributed by atoms with E-state index in [0.717, 1.165) is 22.4 Å². The first kappa shape index (κ1) is 17.2. The summed E-state index contributed by atoms with van der Waals surface area (Å²) in [5.74, 6) is 1.91. The van der Waals surface area contributed by atoms with Crippen LogP contribution in [0.15, 0.2) is 42.9 Å². The van der Waals surface area contributed by atoms with E-state index >= 15 is 0 Å². The lowest BCUT2D eigenvalue weighted by Gasteiger charge is -2.26. The van der Waals surface area contributed by atoms with Crippen molar-refractivity contribution < 1.29 is 9.30 Å². The molecule has 0 N–H and O–H groups in total. The SMILES string of the molecule is Cc1c2c(c(C)c3ccncc13)-c1c3c(cc(C(C)(C)C)cc3cc[n+]1C)O2. The van der Waals surface area contributed by atoms with E-state index in [1.54, 1.807) is 0 Å². The highest BCUT2D eigenvalue weighted by molar-refractivity contribution is 6.06. The van der Waals surface area contributed by atoms with Gasteiger partial charge >= 0.3 is 0 Å². The Morgan fingerprint density at radius 3 is 2.54 bits per heavy atom. The lowest BCUT2D eigenvalue weighted by molar-refractivity contribution is -0.659. The zero-order valence-electron chi connectivity index (χ0n) is 17.3. The molecular formula is C25H25N2O+. The minimum atomic E-state index is 0.0603. The van der Waals surface area contributed by atoms with Gasteiger partial charge in [0.05, 0.1) is 10.9 Å². The number of hydrogen-bond acceptors (Lipinski definition) is 2. The van der Waals surface area contributed by atoms with Crippen LogP contribution in [0.1, 0.15) is 37.5 Å². The van der Waals surface area contributed by atoms with Crippen molar-refractivity contribution in [1.82, 2.24) is 4.98 Å². The zero-order chi connectivity index (χ0) is 19.8. The van der Waals surface area contributed by atoms with E-state index in [9.17, 15) is 0 Å². The molecule has 0 spiro atoms. The molecule has 3 heteroatoms. The molecule has 0 unspecified atom stereocenters. The summed E-state index contributed by atoms with van der Waals surface area (Å²) in [6, 6.07) is 8.83. The van der Waals surface area contributed by atoms with Crippen molar-refractivity contribution in [3.63, 3.8) is 0 Å². The summed E-state index contributed by atoms with van der Waals surface area (Å²) in [6.07, 6.45) is 5.98. The van der Waals surface area contributed by atoms with E-state index < -0.39 is 0 Å². The van der Waals surface area contributed by atoms with Gasteiger partial charge < -0.3 is 4.74 Å². The van der Waals surface area contributed by atoms with Crippen molar-refractivity contribution in [2.45, 2.75) is 40.0 Å². The molecule has 0 radical (unpaired) electrons. The molecule has 28 heavy (non-hydrogen) atoms. The predicted molar refractivity (Wildman–Crippen MR) is 114 cm³/mol. The maximum absolute atomic E-state index is 6.62. The number of pyridine rings is 2. The van der Waals surface area contributed by atoms with Crippen molar-refractivity contribution in [1.29, 1.82) is 0 Å². The van der Waals surface area contributed by atoms with E-state index in [2.05, 4.69) is 81.7 Å². The highest BCUT2D eigenvalue weighted by Crippen LogP contribution is 2.50. The molecule has 0 fully saturated rings. The Morgan fingerprint density at radius 1 is 1.00 bits per heavy atom. The van der Waals surface area contributed by atoms with Gasteiger partial charge in [-0.15, -0.1) is 0 Å². The highest BCUT2D eigenvalue weighted by Gasteiger charge is 2.32. The van der Waals surface area contributed by atoms with Crippen molar-refractivity contribution in [2.24, 2.45) is 7.05 Å². The number of benzene rings is 2. The maximum atomic E-state index is 6.62. The van der Waals surface area contributed by atoms with Crippen LogP contribution in [0.5, 0.6) is 11.5 Å². The number of fused-ring (bicyclic) bond motifs is 3. The fourth-order valence-corrected chi connectivity index (χ4v) is 4.44. The minimum absolute atomic E-state index is 0.0603. The van der Waals surface area contributed by atoms with E-state index in [4.69, 9.17) is 4.74 Å². The highest BCUT2D eigenvalue weighted by atomic mass is 16.5. The van der Waals surface area contributed by atoms with Gasteiger partial charge in [-0.25, -0.2) is 4.57 Å². The monoisotopic (exact) mass is 369 g/mol. The summed E-state index contributed by atoms with van der Waals surface area (Å²) in [6.45, 7) is 11.1. The Bertz CT molecular complexity index is 1300. The number of hydrogen-bond donors (Lipinski definition) is 0. The molecule has 4 aromatic rings.